The van der Waals surface area contributed by atoms with Crippen molar-refractivity contribution in [3.63, 3.8) is 0 Å². The van der Waals surface area contributed by atoms with Crippen LogP contribution in [0.1, 0.15) is 47.2 Å². The van der Waals surface area contributed by atoms with Gasteiger partial charge in [-0.3, -0.25) is 0 Å². The first-order valence-corrected chi connectivity index (χ1v) is 27.7. The minimum Gasteiger partial charge on any atom is -0.309 e. The molecule has 0 unspecified atom stereocenters. The first-order valence-electron chi connectivity index (χ1n) is 27.7. The second kappa shape index (κ2) is 17.3. The summed E-state index contributed by atoms with van der Waals surface area (Å²) in [7, 11) is 0. The molecule has 0 amide bonds. The van der Waals surface area contributed by atoms with Crippen LogP contribution in [0.25, 0.3) is 98.4 Å². The molecule has 0 N–H and O–H groups in total. The maximum Gasteiger partial charge on any atom is 0.0713 e. The molecule has 0 atom stereocenters. The van der Waals surface area contributed by atoms with Crippen LogP contribution >= 0.6 is 0 Å². The van der Waals surface area contributed by atoms with Crippen molar-refractivity contribution < 1.29 is 0 Å². The van der Waals surface area contributed by atoms with Crippen molar-refractivity contribution >= 4 is 70.9 Å². The first-order chi connectivity index (χ1) is 38.9. The van der Waals surface area contributed by atoms with Crippen molar-refractivity contribution in [3.8, 4) is 44.5 Å². The average molecular weight is 1000 g/mol. The maximum atomic E-state index is 2.51. The number of rotatable bonds is 7. The standard InChI is InChI=1S/C78H53N/c1-77(2)72-45-52(39-42-64(72)65-44-41-56(47-73(65)77)79(75-37-19-23-50-21-9-11-29-57(50)75)76-38-20-24-51-22-10-12-30-58(51)76)67-48-69-62-34-16-14-32-60(62)68(49-70(69)61-33-15-13-31-59(61)67)53-40-43-66-63-35-17-18-36-71(63)78(74(66)46-53,54-25-5-3-6-26-54)55-27-7-4-8-28-55/h3-49H,1-2H3. The molecule has 0 bridgehead atoms. The predicted molar refractivity (Wildman–Crippen MR) is 334 cm³/mol. The van der Waals surface area contributed by atoms with E-state index >= 15 is 0 Å². The van der Waals surface area contributed by atoms with Crippen LogP contribution in [0, 0.1) is 0 Å². The van der Waals surface area contributed by atoms with Crippen LogP contribution in [0.5, 0.6) is 0 Å². The van der Waals surface area contributed by atoms with Crippen LogP contribution in [-0.2, 0) is 10.8 Å². The average Bonchev–Trinajstić information content (AvgIpc) is 3.66. The summed E-state index contributed by atoms with van der Waals surface area (Å²) in [5.41, 5.74) is 20.7. The Kier molecular flexibility index (Phi) is 9.97. The van der Waals surface area contributed by atoms with E-state index in [4.69, 9.17) is 0 Å². The molecule has 79 heavy (non-hydrogen) atoms. The third kappa shape index (κ3) is 6.63. The highest BCUT2D eigenvalue weighted by Crippen LogP contribution is 2.58. The SMILES string of the molecule is CC1(C)c2cc(-c3cc4c5ccccc5c(-c5ccc6c(c5)C(c5ccccc5)(c5ccccc5)c5ccccc5-6)cc4c4ccccc34)ccc2-c2ccc(N(c3cccc4ccccc34)c3cccc4ccccc34)cc21. The third-order valence-electron chi connectivity index (χ3n) is 17.9. The number of anilines is 3. The summed E-state index contributed by atoms with van der Waals surface area (Å²) in [4.78, 5) is 2.48. The summed E-state index contributed by atoms with van der Waals surface area (Å²) in [6.07, 6.45) is 0. The second-order valence-electron chi connectivity index (χ2n) is 22.3. The molecule has 0 heterocycles. The van der Waals surface area contributed by atoms with E-state index in [1.165, 1.54) is 143 Å². The van der Waals surface area contributed by atoms with Gasteiger partial charge in [0.25, 0.3) is 0 Å². The normalized spacial score (nSPS) is 13.6. The van der Waals surface area contributed by atoms with Crippen molar-refractivity contribution in [1.29, 1.82) is 0 Å². The molecular formula is C78H53N. The van der Waals surface area contributed by atoms with E-state index in [0.29, 0.717) is 0 Å². The van der Waals surface area contributed by atoms with Crippen molar-refractivity contribution in [1.82, 2.24) is 0 Å². The minimum absolute atomic E-state index is 0.274. The Hall–Kier alpha value is -9.82. The van der Waals surface area contributed by atoms with Crippen LogP contribution in [-0.4, -0.2) is 0 Å². The molecule has 14 aromatic rings. The number of hydrogen-bond donors (Lipinski definition) is 0. The zero-order valence-electron chi connectivity index (χ0n) is 44.1. The summed E-state index contributed by atoms with van der Waals surface area (Å²) in [6, 6.07) is 107. The molecule has 2 aliphatic carbocycles. The molecule has 0 saturated heterocycles. The number of benzene rings is 14. The monoisotopic (exact) mass is 1000 g/mol. The van der Waals surface area contributed by atoms with E-state index in [1.54, 1.807) is 0 Å². The van der Waals surface area contributed by atoms with Crippen LogP contribution in [0.3, 0.4) is 0 Å². The number of hydrogen-bond acceptors (Lipinski definition) is 1. The van der Waals surface area contributed by atoms with Crippen molar-refractivity contribution in [2.45, 2.75) is 24.7 Å². The molecule has 1 nitrogen and oxygen atoms in total. The molecule has 2 aliphatic rings. The highest BCUT2D eigenvalue weighted by molar-refractivity contribution is 6.24. The topological polar surface area (TPSA) is 3.24 Å². The molecular weight excluding hydrogens is 951 g/mol. The largest absolute Gasteiger partial charge is 0.309 e. The quantitative estimate of drug-likeness (QED) is 0.144. The van der Waals surface area contributed by atoms with Gasteiger partial charge in [0.05, 0.1) is 16.8 Å². The zero-order valence-corrected chi connectivity index (χ0v) is 44.1. The van der Waals surface area contributed by atoms with E-state index in [-0.39, 0.29) is 5.41 Å². The van der Waals surface area contributed by atoms with Crippen LogP contribution in [0.2, 0.25) is 0 Å². The fourth-order valence-electron chi connectivity index (χ4n) is 14.3. The van der Waals surface area contributed by atoms with Gasteiger partial charge in [0.2, 0.25) is 0 Å². The molecule has 16 rings (SSSR count). The van der Waals surface area contributed by atoms with Crippen LogP contribution in [0.4, 0.5) is 17.1 Å². The summed E-state index contributed by atoms with van der Waals surface area (Å²) < 4.78 is 0. The smallest absolute Gasteiger partial charge is 0.0713 e. The number of nitrogens with zero attached hydrogens (tertiary/aromatic N) is 1. The van der Waals surface area contributed by atoms with Gasteiger partial charge in [-0.15, -0.1) is 0 Å². The molecule has 0 saturated carbocycles. The Morgan fingerprint density at radius 1 is 0.253 bits per heavy atom. The van der Waals surface area contributed by atoms with Gasteiger partial charge >= 0.3 is 0 Å². The highest BCUT2D eigenvalue weighted by atomic mass is 15.1. The third-order valence-corrected chi connectivity index (χ3v) is 17.9. The van der Waals surface area contributed by atoms with Crippen LogP contribution in [0.15, 0.2) is 285 Å². The second-order valence-corrected chi connectivity index (χ2v) is 22.3. The fraction of sp³-hybridized carbons (Fsp3) is 0.0513. The lowest BCUT2D eigenvalue weighted by molar-refractivity contribution is 0.660. The summed E-state index contributed by atoms with van der Waals surface area (Å²) >= 11 is 0. The number of fused-ring (bicyclic) bond motifs is 13. The summed E-state index contributed by atoms with van der Waals surface area (Å²) in [6.45, 7) is 4.83. The van der Waals surface area contributed by atoms with Crippen molar-refractivity contribution in [3.05, 3.63) is 318 Å². The van der Waals surface area contributed by atoms with Gasteiger partial charge in [-0.25, -0.2) is 0 Å². The fourth-order valence-corrected chi connectivity index (χ4v) is 14.3. The lowest BCUT2D eigenvalue weighted by Gasteiger charge is -2.34. The Morgan fingerprint density at radius 2 is 0.658 bits per heavy atom. The first kappa shape index (κ1) is 45.4. The molecule has 14 aromatic carbocycles. The Morgan fingerprint density at radius 3 is 1.22 bits per heavy atom. The van der Waals surface area contributed by atoms with Gasteiger partial charge in [-0.2, -0.15) is 0 Å². The Labute approximate surface area is 461 Å². The van der Waals surface area contributed by atoms with Gasteiger partial charge in [-0.05, 0) is 170 Å². The van der Waals surface area contributed by atoms with Gasteiger partial charge in [0.15, 0.2) is 0 Å². The molecule has 1 heteroatoms. The molecule has 370 valence electrons. The van der Waals surface area contributed by atoms with Crippen molar-refractivity contribution in [2.75, 3.05) is 4.90 Å². The van der Waals surface area contributed by atoms with Gasteiger partial charge in [0, 0.05) is 21.9 Å². The van der Waals surface area contributed by atoms with Crippen molar-refractivity contribution in [2.24, 2.45) is 0 Å². The highest BCUT2D eigenvalue weighted by Gasteiger charge is 2.46. The Balaban J connectivity index is 0.845. The zero-order chi connectivity index (χ0) is 52.4. The van der Waals surface area contributed by atoms with Gasteiger partial charge in [0.1, 0.15) is 0 Å². The minimum atomic E-state index is -0.484. The lowest BCUT2D eigenvalue weighted by atomic mass is 9.67. The van der Waals surface area contributed by atoms with E-state index in [1.807, 2.05) is 0 Å². The summed E-state index contributed by atoms with van der Waals surface area (Å²) in [5.74, 6) is 0. The van der Waals surface area contributed by atoms with E-state index in [0.717, 1.165) is 5.69 Å². The molecule has 0 aromatic heterocycles. The van der Waals surface area contributed by atoms with E-state index in [2.05, 4.69) is 304 Å². The van der Waals surface area contributed by atoms with Gasteiger partial charge in [-0.1, -0.05) is 250 Å². The lowest BCUT2D eigenvalue weighted by Crippen LogP contribution is -2.28. The molecule has 0 aliphatic heterocycles. The molecule has 0 spiro atoms. The van der Waals surface area contributed by atoms with Crippen LogP contribution < -0.4 is 4.90 Å². The maximum absolute atomic E-state index is 2.51. The van der Waals surface area contributed by atoms with E-state index in [9.17, 15) is 0 Å². The molecule has 0 radical (unpaired) electrons. The molecule has 0 fully saturated rings. The summed E-state index contributed by atoms with van der Waals surface area (Å²) in [5, 5.41) is 12.4. The predicted octanol–water partition coefficient (Wildman–Crippen LogP) is 20.9. The Bertz CT molecular complexity index is 4680. The van der Waals surface area contributed by atoms with Gasteiger partial charge < -0.3 is 4.90 Å². The van der Waals surface area contributed by atoms with E-state index < -0.39 is 5.41 Å².